The largest absolute Gasteiger partial charge is 1.00 e. The van der Waals surface area contributed by atoms with Gasteiger partial charge < -0.3 is 1.43 Å². The summed E-state index contributed by atoms with van der Waals surface area (Å²) in [6, 6.07) is 0. The van der Waals surface area contributed by atoms with Gasteiger partial charge in [-0.15, -0.1) is 4.52 Å². The van der Waals surface area contributed by atoms with E-state index in [-0.39, 0.29) is 31.0 Å². The van der Waals surface area contributed by atoms with Crippen molar-refractivity contribution in [2.75, 3.05) is 13.3 Å². The van der Waals surface area contributed by atoms with Crippen LogP contribution in [0.3, 0.4) is 0 Å². The fraction of sp³-hybridized carbons (Fsp3) is 1.00. The van der Waals surface area contributed by atoms with Crippen LogP contribution in [-0.2, 0) is 9.09 Å². The maximum Gasteiger partial charge on any atom is 1.00 e. The monoisotopic (exact) mass is 131 g/mol. The summed E-state index contributed by atoms with van der Waals surface area (Å²) in [5.41, 5.74) is 0. The SMILES string of the molecule is CCO[P+](C)=O.[H-].[Na+]. The number of hydrogen-bond acceptors (Lipinski definition) is 2. The van der Waals surface area contributed by atoms with Gasteiger partial charge in [0.05, 0.1) is 6.61 Å². The van der Waals surface area contributed by atoms with Gasteiger partial charge in [0, 0.05) is 0 Å². The van der Waals surface area contributed by atoms with Gasteiger partial charge in [0.25, 0.3) is 0 Å². The van der Waals surface area contributed by atoms with Crippen LogP contribution in [0.25, 0.3) is 0 Å². The summed E-state index contributed by atoms with van der Waals surface area (Å²) in [7, 11) is -1.35. The summed E-state index contributed by atoms with van der Waals surface area (Å²) in [5, 5.41) is 0. The van der Waals surface area contributed by atoms with Gasteiger partial charge in [0.15, 0.2) is 6.66 Å². The Bertz CT molecular complexity index is 61.2. The first kappa shape index (κ1) is 10.9. The Morgan fingerprint density at radius 3 is 2.29 bits per heavy atom. The van der Waals surface area contributed by atoms with E-state index in [1.165, 1.54) is 0 Å². The third kappa shape index (κ3) is 11.0. The van der Waals surface area contributed by atoms with Gasteiger partial charge in [0.1, 0.15) is 0 Å². The molecule has 4 heteroatoms. The van der Waals surface area contributed by atoms with E-state index in [0.29, 0.717) is 6.61 Å². The predicted octanol–water partition coefficient (Wildman–Crippen LogP) is -1.49. The molecule has 7 heavy (non-hydrogen) atoms. The zero-order chi connectivity index (χ0) is 4.99. The van der Waals surface area contributed by atoms with Crippen LogP contribution >= 0.6 is 8.03 Å². The molecule has 0 radical (unpaired) electrons. The van der Waals surface area contributed by atoms with Crippen molar-refractivity contribution in [3.05, 3.63) is 0 Å². The first-order chi connectivity index (χ1) is 2.77. The molecule has 0 N–H and O–H groups in total. The minimum atomic E-state index is -1.35. The number of rotatable bonds is 2. The molecule has 0 saturated heterocycles. The molecule has 1 atom stereocenters. The summed E-state index contributed by atoms with van der Waals surface area (Å²) < 4.78 is 14.5. The molecule has 0 spiro atoms. The molecule has 0 fully saturated rings. The molecule has 0 bridgehead atoms. The normalized spacial score (nSPS) is 9.71. The molecule has 1 unspecified atom stereocenters. The molecule has 0 aromatic carbocycles. The Labute approximate surface area is 68.3 Å². The van der Waals surface area contributed by atoms with Crippen LogP contribution in [-0.4, -0.2) is 13.3 Å². The zero-order valence-corrected chi connectivity index (χ0v) is 7.87. The quantitative estimate of drug-likeness (QED) is 0.337. The Morgan fingerprint density at radius 1 is 1.86 bits per heavy atom. The van der Waals surface area contributed by atoms with Crippen molar-refractivity contribution in [1.82, 2.24) is 0 Å². The first-order valence-electron chi connectivity index (χ1n) is 1.81. The standard InChI is InChI=1S/C3H8O2P.Na.H/c1-3-5-6(2)4;;/h3H2,1-2H3;;/q2*+1;-1. The summed E-state index contributed by atoms with van der Waals surface area (Å²) in [4.78, 5) is 0. The third-order valence-electron chi connectivity index (χ3n) is 0.311. The van der Waals surface area contributed by atoms with Crippen LogP contribution in [0.1, 0.15) is 8.35 Å². The average Bonchev–Trinajstić information content (AvgIpc) is 1.35. The van der Waals surface area contributed by atoms with Crippen LogP contribution in [0.5, 0.6) is 0 Å². The van der Waals surface area contributed by atoms with Crippen LogP contribution < -0.4 is 29.6 Å². The summed E-state index contributed by atoms with van der Waals surface area (Å²) in [6.07, 6.45) is 0. The van der Waals surface area contributed by atoms with Crippen molar-refractivity contribution in [3.8, 4) is 0 Å². The van der Waals surface area contributed by atoms with Crippen molar-refractivity contribution in [2.24, 2.45) is 0 Å². The Hall–Kier alpha value is 1.06. The Balaban J connectivity index is -0.000000125. The van der Waals surface area contributed by atoms with E-state index >= 15 is 0 Å². The smallest absolute Gasteiger partial charge is 1.00 e. The molecule has 0 saturated carbocycles. The van der Waals surface area contributed by atoms with E-state index in [2.05, 4.69) is 4.52 Å². The van der Waals surface area contributed by atoms with Gasteiger partial charge in [-0.2, -0.15) is 0 Å². The van der Waals surface area contributed by atoms with Crippen molar-refractivity contribution in [2.45, 2.75) is 6.92 Å². The topological polar surface area (TPSA) is 26.3 Å². The summed E-state index contributed by atoms with van der Waals surface area (Å²) >= 11 is 0. The van der Waals surface area contributed by atoms with Gasteiger partial charge in [-0.1, -0.05) is 0 Å². The molecule has 0 rings (SSSR count). The predicted molar refractivity (Wildman–Crippen MR) is 26.3 cm³/mol. The van der Waals surface area contributed by atoms with E-state index in [1.807, 2.05) is 6.92 Å². The molecule has 2 nitrogen and oxygen atoms in total. The van der Waals surface area contributed by atoms with Crippen LogP contribution in [0.2, 0.25) is 0 Å². The third-order valence-corrected chi connectivity index (χ3v) is 0.933. The molecule has 0 heterocycles. The number of hydrogen-bond donors (Lipinski definition) is 0. The van der Waals surface area contributed by atoms with Crippen LogP contribution in [0.15, 0.2) is 0 Å². The second kappa shape index (κ2) is 7.06. The molecule has 0 amide bonds. The molecule has 0 aliphatic carbocycles. The van der Waals surface area contributed by atoms with Crippen LogP contribution in [0.4, 0.5) is 0 Å². The van der Waals surface area contributed by atoms with E-state index in [9.17, 15) is 4.57 Å². The summed E-state index contributed by atoms with van der Waals surface area (Å²) in [5.74, 6) is 0. The average molecular weight is 131 g/mol. The molecule has 38 valence electrons. The summed E-state index contributed by atoms with van der Waals surface area (Å²) in [6.45, 7) is 3.90. The van der Waals surface area contributed by atoms with Crippen molar-refractivity contribution < 1.29 is 40.1 Å². The van der Waals surface area contributed by atoms with Gasteiger partial charge in [-0.3, -0.25) is 0 Å². The van der Waals surface area contributed by atoms with Gasteiger partial charge >= 0.3 is 37.6 Å². The van der Waals surface area contributed by atoms with E-state index < -0.39 is 8.03 Å². The molecule has 0 aromatic heterocycles. The van der Waals surface area contributed by atoms with Crippen molar-refractivity contribution in [1.29, 1.82) is 0 Å². The zero-order valence-electron chi connectivity index (χ0n) is 5.97. The molecule has 0 aliphatic heterocycles. The van der Waals surface area contributed by atoms with Gasteiger partial charge in [-0.25, -0.2) is 0 Å². The van der Waals surface area contributed by atoms with Gasteiger partial charge in [0.2, 0.25) is 0 Å². The minimum Gasteiger partial charge on any atom is -1.00 e. The van der Waals surface area contributed by atoms with E-state index in [1.54, 1.807) is 6.66 Å². The maximum atomic E-state index is 9.97. The fourth-order valence-electron chi connectivity index (χ4n) is 0.182. The molecular formula is C3H9NaO2P+. The van der Waals surface area contributed by atoms with Gasteiger partial charge in [-0.05, 0) is 11.5 Å². The van der Waals surface area contributed by atoms with E-state index in [0.717, 1.165) is 0 Å². The molecule has 0 aliphatic rings. The second-order valence-corrected chi connectivity index (χ2v) is 2.00. The van der Waals surface area contributed by atoms with Crippen molar-refractivity contribution in [3.63, 3.8) is 0 Å². The molecular weight excluding hydrogens is 122 g/mol. The maximum absolute atomic E-state index is 9.97. The Morgan fingerprint density at radius 2 is 2.29 bits per heavy atom. The van der Waals surface area contributed by atoms with Crippen molar-refractivity contribution >= 4 is 8.03 Å². The second-order valence-electron chi connectivity index (χ2n) is 0.857. The Kier molecular flexibility index (Phi) is 11.0. The van der Waals surface area contributed by atoms with E-state index in [4.69, 9.17) is 0 Å². The first-order valence-corrected chi connectivity index (χ1v) is 3.43. The molecule has 0 aromatic rings. The minimum absolute atomic E-state index is 0. The fourth-order valence-corrected chi connectivity index (χ4v) is 0.545. The van der Waals surface area contributed by atoms with Crippen LogP contribution in [0, 0.1) is 0 Å².